The second kappa shape index (κ2) is 1.76. The summed E-state index contributed by atoms with van der Waals surface area (Å²) in [6, 6.07) is 0. The number of rotatable bonds is 0. The van der Waals surface area contributed by atoms with E-state index in [1.165, 1.54) is 18.5 Å². The van der Waals surface area contributed by atoms with Crippen LogP contribution in [0.15, 0.2) is 0 Å². The molecule has 0 aromatic heterocycles. The van der Waals surface area contributed by atoms with Crippen LogP contribution < -0.4 is 0 Å². The normalized spacial score (nSPS) is 22.4. The second-order valence-electron chi connectivity index (χ2n) is 1.18. The van der Waals surface area contributed by atoms with Crippen LogP contribution in [0.1, 0.15) is 6.42 Å². The van der Waals surface area contributed by atoms with Crippen molar-refractivity contribution < 1.29 is 0 Å². The molecule has 1 heterocycles. The molecule has 0 bridgehead atoms. The first kappa shape index (κ1) is 3.60. The first-order valence-electron chi connectivity index (χ1n) is 1.93. The van der Waals surface area contributed by atoms with Crippen LogP contribution in [0, 0.1) is 0 Å². The van der Waals surface area contributed by atoms with E-state index < -0.39 is 0 Å². The minimum atomic E-state index is 1.34. The monoisotopic (exact) mass is 85.0 g/mol. The van der Waals surface area contributed by atoms with Crippen molar-refractivity contribution in [3.8, 4) is 0 Å². The zero-order chi connectivity index (χ0) is 3.54. The Balaban J connectivity index is 2.08. The predicted molar refractivity (Wildman–Crippen MR) is 27.6 cm³/mol. The lowest BCUT2D eigenvalue weighted by Crippen LogP contribution is -1.61. The topological polar surface area (TPSA) is 0 Å². The van der Waals surface area contributed by atoms with Gasteiger partial charge in [0.05, 0.1) is 0 Å². The maximum Gasteiger partial charge on any atom is 0.191 e. The average molecular weight is 85.0 g/mol. The zero-order valence-corrected chi connectivity index (χ0v) is 3.92. The van der Waals surface area contributed by atoms with Gasteiger partial charge in [-0.15, -0.1) is 0 Å². The molecule has 0 atom stereocenters. The van der Waals surface area contributed by atoms with Crippen molar-refractivity contribution in [1.82, 2.24) is 0 Å². The third-order valence-electron chi connectivity index (χ3n) is 0.702. The average Bonchev–Trinajstić information content (AvgIpc) is 1.76. The summed E-state index contributed by atoms with van der Waals surface area (Å²) >= 11 is 1.95. The number of hydrogen-bond acceptors (Lipinski definition) is 1. The van der Waals surface area contributed by atoms with Gasteiger partial charge in [0.15, 0.2) is 6.56 Å². The minimum absolute atomic E-state index is 1.34. The minimum Gasteiger partial charge on any atom is -0.218 e. The van der Waals surface area contributed by atoms with Gasteiger partial charge in [-0.3, -0.25) is 0 Å². The quantitative estimate of drug-likeness (QED) is 0.397. The molecule has 2 heteroatoms. The molecule has 0 N–H and O–H groups in total. The molecule has 0 aromatic rings. The Morgan fingerprint density at radius 3 is 2.80 bits per heavy atom. The fraction of sp³-hybridized carbons (Fsp3) is 1.00. The van der Waals surface area contributed by atoms with Crippen molar-refractivity contribution in [2.75, 3.05) is 5.75 Å². The van der Waals surface area contributed by atoms with E-state index in [4.69, 9.17) is 0 Å². The summed E-state index contributed by atoms with van der Waals surface area (Å²) in [5, 5.41) is 0. The molecule has 1 fully saturated rings. The van der Waals surface area contributed by atoms with Gasteiger partial charge in [0.2, 0.25) is 0 Å². The molecular formula is C3H6BS. The van der Waals surface area contributed by atoms with E-state index in [0.29, 0.717) is 0 Å². The molecule has 5 heavy (non-hydrogen) atoms. The van der Waals surface area contributed by atoms with Gasteiger partial charge < -0.3 is 0 Å². The summed E-state index contributed by atoms with van der Waals surface area (Å²) in [6.45, 7) is 2.28. The molecule has 27 valence electrons. The summed E-state index contributed by atoms with van der Waals surface area (Å²) in [4.78, 5) is 0. The lowest BCUT2D eigenvalue weighted by molar-refractivity contribution is 1.12. The highest BCUT2D eigenvalue weighted by molar-refractivity contribution is 8.22. The van der Waals surface area contributed by atoms with Gasteiger partial charge in [-0.05, 0) is 5.75 Å². The molecule has 0 unspecified atom stereocenters. The molecular weight excluding hydrogens is 78.9 g/mol. The third kappa shape index (κ3) is 0.878. The van der Waals surface area contributed by atoms with Crippen molar-refractivity contribution in [2.24, 2.45) is 0 Å². The van der Waals surface area contributed by atoms with Gasteiger partial charge in [-0.25, -0.2) is 11.6 Å². The van der Waals surface area contributed by atoms with E-state index >= 15 is 0 Å². The maximum absolute atomic E-state index is 2.28. The highest BCUT2D eigenvalue weighted by Gasteiger charge is 1.98. The Kier molecular flexibility index (Phi) is 1.26. The summed E-state index contributed by atoms with van der Waals surface area (Å²) in [5.74, 6) is 1.36. The van der Waals surface area contributed by atoms with Gasteiger partial charge in [0.25, 0.3) is 0 Å². The first-order valence-corrected chi connectivity index (χ1v) is 2.98. The van der Waals surface area contributed by atoms with Gasteiger partial charge in [0.1, 0.15) is 0 Å². The van der Waals surface area contributed by atoms with Crippen LogP contribution in [-0.4, -0.2) is 12.3 Å². The Hall–Kier alpha value is 0.415. The lowest BCUT2D eigenvalue weighted by Gasteiger charge is -1.69. The van der Waals surface area contributed by atoms with Gasteiger partial charge in [0, 0.05) is 0 Å². The molecule has 0 spiro atoms. The van der Waals surface area contributed by atoms with Crippen LogP contribution in [-0.2, 0) is 0 Å². The van der Waals surface area contributed by atoms with Crippen LogP contribution in [0.2, 0.25) is 6.32 Å². The van der Waals surface area contributed by atoms with Gasteiger partial charge in [-0.1, -0.05) is 12.7 Å². The predicted octanol–water partition coefficient (Wildman–Crippen LogP) is 1.16. The molecule has 1 aliphatic rings. The maximum atomic E-state index is 2.28. The molecule has 1 saturated heterocycles. The Labute approximate surface area is 37.5 Å². The van der Waals surface area contributed by atoms with Crippen molar-refractivity contribution in [3.63, 3.8) is 0 Å². The van der Waals surface area contributed by atoms with E-state index in [1.54, 1.807) is 0 Å². The van der Waals surface area contributed by atoms with E-state index in [2.05, 4.69) is 6.56 Å². The second-order valence-corrected chi connectivity index (χ2v) is 2.25. The van der Waals surface area contributed by atoms with Gasteiger partial charge in [-0.2, -0.15) is 0 Å². The third-order valence-corrected chi connectivity index (χ3v) is 1.70. The summed E-state index contributed by atoms with van der Waals surface area (Å²) in [7, 11) is 0. The Bertz CT molecular complexity index is 18.5. The number of hydrogen-bond donors (Lipinski definition) is 0. The van der Waals surface area contributed by atoms with Crippen LogP contribution in [0.5, 0.6) is 0 Å². The fourth-order valence-corrected chi connectivity index (χ4v) is 1.25. The molecule has 0 amide bonds. The highest BCUT2D eigenvalue weighted by Crippen LogP contribution is 2.13. The van der Waals surface area contributed by atoms with E-state index in [1.807, 2.05) is 11.6 Å². The largest absolute Gasteiger partial charge is 0.218 e. The van der Waals surface area contributed by atoms with Crippen molar-refractivity contribution in [2.45, 2.75) is 12.7 Å². The Morgan fingerprint density at radius 2 is 2.60 bits per heavy atom. The molecule has 1 rings (SSSR count). The van der Waals surface area contributed by atoms with Crippen LogP contribution in [0.25, 0.3) is 0 Å². The smallest absolute Gasteiger partial charge is 0.191 e. The standard InChI is InChI=1S/C3H6BS/c1-2-4-5-3-1/h1-3H2. The lowest BCUT2D eigenvalue weighted by atomic mass is 10.0. The zero-order valence-electron chi connectivity index (χ0n) is 3.11. The molecule has 1 aliphatic heterocycles. The molecule has 0 saturated carbocycles. The molecule has 0 aromatic carbocycles. The van der Waals surface area contributed by atoms with Crippen molar-refractivity contribution in [3.05, 3.63) is 0 Å². The fourth-order valence-electron chi connectivity index (χ4n) is 0.417. The molecule has 0 nitrogen and oxygen atoms in total. The van der Waals surface area contributed by atoms with Crippen molar-refractivity contribution in [1.29, 1.82) is 0 Å². The van der Waals surface area contributed by atoms with E-state index in [9.17, 15) is 0 Å². The Morgan fingerprint density at radius 1 is 1.60 bits per heavy atom. The molecule has 1 radical (unpaired) electrons. The van der Waals surface area contributed by atoms with Gasteiger partial charge >= 0.3 is 0 Å². The van der Waals surface area contributed by atoms with E-state index in [-0.39, 0.29) is 0 Å². The summed E-state index contributed by atoms with van der Waals surface area (Å²) < 4.78 is 0. The summed E-state index contributed by atoms with van der Waals surface area (Å²) in [6.07, 6.45) is 2.75. The first-order chi connectivity index (χ1) is 2.50. The van der Waals surface area contributed by atoms with E-state index in [0.717, 1.165) is 0 Å². The van der Waals surface area contributed by atoms with Crippen LogP contribution in [0.4, 0.5) is 0 Å². The van der Waals surface area contributed by atoms with Crippen LogP contribution in [0.3, 0.4) is 0 Å². The summed E-state index contributed by atoms with van der Waals surface area (Å²) in [5.41, 5.74) is 0. The molecule has 0 aliphatic carbocycles. The van der Waals surface area contributed by atoms with Crippen molar-refractivity contribution >= 4 is 18.2 Å². The SMILES string of the molecule is [B]1CCCS1. The highest BCUT2D eigenvalue weighted by atomic mass is 32.2. The van der Waals surface area contributed by atoms with Crippen LogP contribution >= 0.6 is 11.6 Å².